The van der Waals surface area contributed by atoms with Crippen molar-refractivity contribution in [2.75, 3.05) is 19.8 Å². The summed E-state index contributed by atoms with van der Waals surface area (Å²) in [6.07, 6.45) is 5.51. The van der Waals surface area contributed by atoms with Crippen LogP contribution < -0.4 is 5.73 Å². The van der Waals surface area contributed by atoms with Crippen LogP contribution in [0.5, 0.6) is 0 Å². The summed E-state index contributed by atoms with van der Waals surface area (Å²) in [5, 5.41) is 10.8. The highest BCUT2D eigenvalue weighted by Gasteiger charge is 2.43. The number of nitrogens with two attached hydrogens (primary N) is 1. The number of aliphatic hydroxyl groups is 1. The van der Waals surface area contributed by atoms with Gasteiger partial charge in [0.05, 0.1) is 5.54 Å². The molecule has 1 aliphatic carbocycles. The molecule has 18 heavy (non-hydrogen) atoms. The van der Waals surface area contributed by atoms with E-state index in [-0.39, 0.29) is 5.54 Å². The highest BCUT2D eigenvalue weighted by Crippen LogP contribution is 2.44. The van der Waals surface area contributed by atoms with Crippen LogP contribution in [0.2, 0.25) is 0 Å². The molecule has 0 aromatic carbocycles. The SMILES string of the molecule is Cc1cnc(N)c(C(O)C2(N(C)C)CCCC2)c1. The number of aliphatic hydroxyl groups excluding tert-OH is 1. The lowest BCUT2D eigenvalue weighted by Gasteiger charge is -2.41. The summed E-state index contributed by atoms with van der Waals surface area (Å²) in [6.45, 7) is 1.97. The first-order valence-electron chi connectivity index (χ1n) is 6.55. The predicted molar refractivity (Wildman–Crippen MR) is 73.2 cm³/mol. The molecule has 0 bridgehead atoms. The Balaban J connectivity index is 2.39. The van der Waals surface area contributed by atoms with E-state index < -0.39 is 6.10 Å². The van der Waals surface area contributed by atoms with Gasteiger partial charge in [-0.15, -0.1) is 0 Å². The van der Waals surface area contributed by atoms with Gasteiger partial charge >= 0.3 is 0 Å². The number of aromatic nitrogens is 1. The van der Waals surface area contributed by atoms with E-state index in [4.69, 9.17) is 5.73 Å². The molecule has 0 spiro atoms. The Morgan fingerprint density at radius 1 is 1.39 bits per heavy atom. The molecule has 1 aromatic rings. The molecule has 4 heteroatoms. The molecule has 1 unspecified atom stereocenters. The third kappa shape index (κ3) is 2.10. The zero-order valence-electron chi connectivity index (χ0n) is 11.5. The monoisotopic (exact) mass is 249 g/mol. The van der Waals surface area contributed by atoms with Crippen LogP contribution in [0.3, 0.4) is 0 Å². The van der Waals surface area contributed by atoms with Gasteiger partial charge in [-0.25, -0.2) is 4.98 Å². The fourth-order valence-corrected chi connectivity index (χ4v) is 3.06. The lowest BCUT2D eigenvalue weighted by Crippen LogP contribution is -2.47. The second kappa shape index (κ2) is 4.86. The minimum absolute atomic E-state index is 0.191. The van der Waals surface area contributed by atoms with Gasteiger partial charge in [0, 0.05) is 11.8 Å². The average molecular weight is 249 g/mol. The third-order valence-corrected chi connectivity index (χ3v) is 4.25. The van der Waals surface area contributed by atoms with Crippen molar-refractivity contribution in [1.82, 2.24) is 9.88 Å². The molecule has 4 nitrogen and oxygen atoms in total. The topological polar surface area (TPSA) is 62.4 Å². The molecule has 0 saturated heterocycles. The Labute approximate surface area is 109 Å². The Morgan fingerprint density at radius 3 is 2.56 bits per heavy atom. The molecule has 2 rings (SSSR count). The summed E-state index contributed by atoms with van der Waals surface area (Å²) in [5.41, 5.74) is 7.54. The summed E-state index contributed by atoms with van der Waals surface area (Å²) >= 11 is 0. The smallest absolute Gasteiger partial charge is 0.129 e. The minimum atomic E-state index is -0.567. The standard InChI is InChI=1S/C14H23N3O/c1-10-8-11(13(15)16-9-10)12(18)14(17(2)3)6-4-5-7-14/h8-9,12,18H,4-7H2,1-3H3,(H2,15,16). The Morgan fingerprint density at radius 2 is 2.00 bits per heavy atom. The first kappa shape index (κ1) is 13.3. The maximum atomic E-state index is 10.8. The number of nitrogen functional groups attached to an aromatic ring is 1. The van der Waals surface area contributed by atoms with Crippen molar-refractivity contribution < 1.29 is 5.11 Å². The Kier molecular flexibility index (Phi) is 3.59. The highest BCUT2D eigenvalue weighted by atomic mass is 16.3. The van der Waals surface area contributed by atoms with Crippen molar-refractivity contribution in [2.45, 2.75) is 44.2 Å². The van der Waals surface area contributed by atoms with Crippen molar-refractivity contribution in [1.29, 1.82) is 0 Å². The fourth-order valence-electron chi connectivity index (χ4n) is 3.06. The maximum absolute atomic E-state index is 10.8. The van der Waals surface area contributed by atoms with E-state index >= 15 is 0 Å². The molecular weight excluding hydrogens is 226 g/mol. The lowest BCUT2D eigenvalue weighted by atomic mass is 9.84. The molecule has 1 atom stereocenters. The van der Waals surface area contributed by atoms with Crippen LogP contribution in [0, 0.1) is 6.92 Å². The van der Waals surface area contributed by atoms with Gasteiger partial charge in [0.25, 0.3) is 0 Å². The van der Waals surface area contributed by atoms with Crippen LogP contribution in [0.15, 0.2) is 12.3 Å². The van der Waals surface area contributed by atoms with Crippen molar-refractivity contribution in [2.24, 2.45) is 0 Å². The van der Waals surface area contributed by atoms with Gasteiger partial charge in [-0.05, 0) is 45.5 Å². The first-order valence-corrected chi connectivity index (χ1v) is 6.55. The second-order valence-electron chi connectivity index (χ2n) is 5.59. The van der Waals surface area contributed by atoms with Gasteiger partial charge in [-0.1, -0.05) is 12.8 Å². The molecule has 3 N–H and O–H groups in total. The number of hydrogen-bond donors (Lipinski definition) is 2. The van der Waals surface area contributed by atoms with Crippen LogP contribution in [-0.2, 0) is 0 Å². The molecule has 1 aliphatic rings. The summed E-state index contributed by atoms with van der Waals surface area (Å²) < 4.78 is 0. The van der Waals surface area contributed by atoms with Gasteiger partial charge in [0.2, 0.25) is 0 Å². The predicted octanol–water partition coefficient (Wildman–Crippen LogP) is 1.88. The number of hydrogen-bond acceptors (Lipinski definition) is 4. The molecule has 0 radical (unpaired) electrons. The highest BCUT2D eigenvalue weighted by molar-refractivity contribution is 5.43. The van der Waals surface area contributed by atoms with Crippen LogP contribution in [0.25, 0.3) is 0 Å². The van der Waals surface area contributed by atoms with E-state index in [1.54, 1.807) is 6.20 Å². The number of likely N-dealkylation sites (N-methyl/N-ethyl adjacent to an activating group) is 1. The Bertz CT molecular complexity index is 425. The van der Waals surface area contributed by atoms with Gasteiger partial charge in [-0.2, -0.15) is 0 Å². The van der Waals surface area contributed by atoms with Gasteiger partial charge in [0.1, 0.15) is 11.9 Å². The Hall–Kier alpha value is -1.13. The first-order chi connectivity index (χ1) is 8.47. The van der Waals surface area contributed by atoms with Crippen molar-refractivity contribution >= 4 is 5.82 Å². The van der Waals surface area contributed by atoms with E-state index in [1.165, 1.54) is 0 Å². The van der Waals surface area contributed by atoms with Crippen molar-refractivity contribution in [3.8, 4) is 0 Å². The number of pyridine rings is 1. The molecule has 1 aromatic heterocycles. The van der Waals surface area contributed by atoms with Crippen molar-refractivity contribution in [3.63, 3.8) is 0 Å². The normalized spacial score (nSPS) is 20.3. The van der Waals surface area contributed by atoms with Gasteiger partial charge < -0.3 is 15.7 Å². The number of anilines is 1. The van der Waals surface area contributed by atoms with Gasteiger partial charge in [0.15, 0.2) is 0 Å². The second-order valence-corrected chi connectivity index (χ2v) is 5.59. The average Bonchev–Trinajstić information content (AvgIpc) is 2.82. The van der Waals surface area contributed by atoms with E-state index in [0.717, 1.165) is 36.8 Å². The molecule has 0 amide bonds. The number of nitrogens with zero attached hydrogens (tertiary/aromatic N) is 2. The van der Waals surface area contributed by atoms with Crippen molar-refractivity contribution in [3.05, 3.63) is 23.4 Å². The van der Waals surface area contributed by atoms with Gasteiger partial charge in [-0.3, -0.25) is 0 Å². The molecular formula is C14H23N3O. The van der Waals surface area contributed by atoms with Crippen LogP contribution >= 0.6 is 0 Å². The van der Waals surface area contributed by atoms with Crippen LogP contribution in [0.4, 0.5) is 5.82 Å². The van der Waals surface area contributed by atoms with E-state index in [1.807, 2.05) is 27.1 Å². The largest absolute Gasteiger partial charge is 0.386 e. The minimum Gasteiger partial charge on any atom is -0.386 e. The van der Waals surface area contributed by atoms with E-state index in [0.29, 0.717) is 5.82 Å². The molecule has 1 saturated carbocycles. The number of aryl methyl sites for hydroxylation is 1. The summed E-state index contributed by atoms with van der Waals surface area (Å²) in [7, 11) is 4.07. The van der Waals surface area contributed by atoms with E-state index in [9.17, 15) is 5.11 Å². The quantitative estimate of drug-likeness (QED) is 0.858. The van der Waals surface area contributed by atoms with Crippen LogP contribution in [0.1, 0.15) is 42.9 Å². The van der Waals surface area contributed by atoms with E-state index in [2.05, 4.69) is 9.88 Å². The third-order valence-electron chi connectivity index (χ3n) is 4.25. The lowest BCUT2D eigenvalue weighted by molar-refractivity contribution is -0.00448. The molecule has 0 aliphatic heterocycles. The maximum Gasteiger partial charge on any atom is 0.129 e. The molecule has 100 valence electrons. The summed E-state index contributed by atoms with van der Waals surface area (Å²) in [6, 6.07) is 1.95. The summed E-state index contributed by atoms with van der Waals surface area (Å²) in [4.78, 5) is 6.31. The zero-order valence-corrected chi connectivity index (χ0v) is 11.5. The van der Waals surface area contributed by atoms with Crippen LogP contribution in [-0.4, -0.2) is 34.6 Å². The zero-order chi connectivity index (χ0) is 13.3. The number of rotatable bonds is 3. The molecule has 1 fully saturated rings. The fraction of sp³-hybridized carbons (Fsp3) is 0.643. The molecule has 1 heterocycles. The summed E-state index contributed by atoms with van der Waals surface area (Å²) in [5.74, 6) is 0.446.